The van der Waals surface area contributed by atoms with E-state index in [-0.39, 0.29) is 36.4 Å². The van der Waals surface area contributed by atoms with Gasteiger partial charge in [-0.1, -0.05) is 60.7 Å². The van der Waals surface area contributed by atoms with Crippen LogP contribution in [0.1, 0.15) is 24.5 Å². The van der Waals surface area contributed by atoms with Crippen molar-refractivity contribution in [2.45, 2.75) is 26.3 Å². The summed E-state index contributed by atoms with van der Waals surface area (Å²) in [6, 6.07) is 20.5. The number of hydrogen-bond acceptors (Lipinski definition) is 2. The molecule has 0 aliphatic carbocycles. The Bertz CT molecular complexity index is 707. The van der Waals surface area contributed by atoms with Crippen LogP contribution in [0.5, 0.6) is 0 Å². The number of benzene rings is 2. The van der Waals surface area contributed by atoms with Crippen molar-refractivity contribution >= 4 is 35.8 Å². The smallest absolute Gasteiger partial charge is 0.242 e. The van der Waals surface area contributed by atoms with Gasteiger partial charge in [-0.15, -0.1) is 24.0 Å². The fourth-order valence-corrected chi connectivity index (χ4v) is 2.82. The molecule has 2 N–H and O–H groups in total. The first-order valence-electron chi connectivity index (χ1n) is 9.53. The number of likely N-dealkylation sites (N-methyl/N-ethyl adjacent to an activating group) is 1. The minimum Gasteiger partial charge on any atom is -0.356 e. The SMILES string of the molecule is CCN(Cc1ccccc1)C(=O)CNC(=NC)NCCCc1ccccc1.I. The highest BCUT2D eigenvalue weighted by Gasteiger charge is 2.12. The first-order valence-corrected chi connectivity index (χ1v) is 9.53. The maximum absolute atomic E-state index is 12.5. The molecule has 0 aromatic heterocycles. The zero-order chi connectivity index (χ0) is 19.3. The predicted molar refractivity (Wildman–Crippen MR) is 127 cm³/mol. The van der Waals surface area contributed by atoms with Gasteiger partial charge in [-0.05, 0) is 30.9 Å². The van der Waals surface area contributed by atoms with Crippen molar-refractivity contribution in [1.29, 1.82) is 0 Å². The van der Waals surface area contributed by atoms with E-state index in [2.05, 4.69) is 39.9 Å². The van der Waals surface area contributed by atoms with Crippen LogP contribution in [-0.2, 0) is 17.8 Å². The molecule has 0 saturated carbocycles. The highest BCUT2D eigenvalue weighted by molar-refractivity contribution is 14.0. The summed E-state index contributed by atoms with van der Waals surface area (Å²) in [6.45, 7) is 4.35. The summed E-state index contributed by atoms with van der Waals surface area (Å²) in [5.74, 6) is 0.723. The zero-order valence-corrected chi connectivity index (χ0v) is 19.1. The van der Waals surface area contributed by atoms with Gasteiger partial charge in [0.1, 0.15) is 0 Å². The van der Waals surface area contributed by atoms with Crippen molar-refractivity contribution in [2.24, 2.45) is 4.99 Å². The summed E-state index contributed by atoms with van der Waals surface area (Å²) in [5, 5.41) is 6.39. The second-order valence-electron chi connectivity index (χ2n) is 6.34. The Kier molecular flexibility index (Phi) is 12.0. The molecule has 0 spiro atoms. The normalized spacial score (nSPS) is 10.7. The third-order valence-corrected chi connectivity index (χ3v) is 4.36. The fraction of sp³-hybridized carbons (Fsp3) is 0.364. The van der Waals surface area contributed by atoms with E-state index in [4.69, 9.17) is 0 Å². The molecule has 2 aromatic carbocycles. The summed E-state index contributed by atoms with van der Waals surface area (Å²) in [6.07, 6.45) is 2.03. The van der Waals surface area contributed by atoms with Gasteiger partial charge in [0.2, 0.25) is 5.91 Å². The van der Waals surface area contributed by atoms with Crippen molar-refractivity contribution in [3.05, 3.63) is 71.8 Å². The standard InChI is InChI=1S/C22H30N4O.HI/c1-3-26(18-20-13-8-5-9-14-20)21(27)17-25-22(23-2)24-16-10-15-19-11-6-4-7-12-19;/h4-9,11-14H,3,10,15-18H2,1-2H3,(H2,23,24,25);1H. The lowest BCUT2D eigenvalue weighted by Crippen LogP contribution is -2.44. The largest absolute Gasteiger partial charge is 0.356 e. The van der Waals surface area contributed by atoms with E-state index in [1.165, 1.54) is 5.56 Å². The quantitative estimate of drug-likeness (QED) is 0.243. The molecule has 0 atom stereocenters. The van der Waals surface area contributed by atoms with E-state index in [9.17, 15) is 4.79 Å². The number of hydrogen-bond donors (Lipinski definition) is 2. The summed E-state index contributed by atoms with van der Waals surface area (Å²) in [7, 11) is 1.72. The molecule has 5 nitrogen and oxygen atoms in total. The average Bonchev–Trinajstić information content (AvgIpc) is 2.72. The van der Waals surface area contributed by atoms with Crippen LogP contribution in [-0.4, -0.2) is 43.4 Å². The fourth-order valence-electron chi connectivity index (χ4n) is 2.82. The Labute approximate surface area is 185 Å². The van der Waals surface area contributed by atoms with Crippen molar-refractivity contribution in [1.82, 2.24) is 15.5 Å². The number of nitrogens with zero attached hydrogens (tertiary/aromatic N) is 2. The number of aliphatic imine (C=N–C) groups is 1. The van der Waals surface area contributed by atoms with Crippen LogP contribution in [0.3, 0.4) is 0 Å². The molecule has 0 unspecified atom stereocenters. The summed E-state index contributed by atoms with van der Waals surface area (Å²) < 4.78 is 0. The molecule has 1 amide bonds. The summed E-state index contributed by atoms with van der Waals surface area (Å²) in [4.78, 5) is 18.5. The number of aryl methyl sites for hydroxylation is 1. The third kappa shape index (κ3) is 8.73. The molecule has 0 fully saturated rings. The molecule has 6 heteroatoms. The Morgan fingerprint density at radius 2 is 1.57 bits per heavy atom. The van der Waals surface area contributed by atoms with Crippen molar-refractivity contribution in [2.75, 3.05) is 26.7 Å². The highest BCUT2D eigenvalue weighted by Crippen LogP contribution is 2.04. The lowest BCUT2D eigenvalue weighted by molar-refractivity contribution is -0.130. The third-order valence-electron chi connectivity index (χ3n) is 4.36. The molecule has 0 aliphatic rings. The molecule has 0 radical (unpaired) electrons. The summed E-state index contributed by atoms with van der Waals surface area (Å²) >= 11 is 0. The van der Waals surface area contributed by atoms with Gasteiger partial charge in [-0.3, -0.25) is 9.79 Å². The Hall–Kier alpha value is -2.09. The molecule has 0 aliphatic heterocycles. The van der Waals surface area contributed by atoms with Gasteiger partial charge in [0, 0.05) is 26.7 Å². The number of guanidine groups is 1. The van der Waals surface area contributed by atoms with Gasteiger partial charge >= 0.3 is 0 Å². The van der Waals surface area contributed by atoms with Crippen LogP contribution in [0.25, 0.3) is 0 Å². The zero-order valence-electron chi connectivity index (χ0n) is 16.7. The molecule has 0 saturated heterocycles. The minimum absolute atomic E-state index is 0. The van der Waals surface area contributed by atoms with Gasteiger partial charge in [0.05, 0.1) is 6.54 Å². The van der Waals surface area contributed by atoms with Crippen LogP contribution < -0.4 is 10.6 Å². The van der Waals surface area contributed by atoms with Gasteiger partial charge < -0.3 is 15.5 Å². The Morgan fingerprint density at radius 1 is 0.964 bits per heavy atom. The topological polar surface area (TPSA) is 56.7 Å². The van der Waals surface area contributed by atoms with Gasteiger partial charge in [-0.25, -0.2) is 0 Å². The van der Waals surface area contributed by atoms with Gasteiger partial charge in [-0.2, -0.15) is 0 Å². The molecular formula is C22H31IN4O. The first kappa shape index (κ1) is 23.9. The average molecular weight is 494 g/mol. The maximum Gasteiger partial charge on any atom is 0.242 e. The number of carbonyl (C=O) groups excluding carboxylic acids is 1. The van der Waals surface area contributed by atoms with Crippen LogP contribution in [0, 0.1) is 0 Å². The number of rotatable bonds is 9. The number of nitrogens with one attached hydrogen (secondary N) is 2. The number of carbonyl (C=O) groups is 1. The second-order valence-corrected chi connectivity index (χ2v) is 6.34. The number of halogens is 1. The predicted octanol–water partition coefficient (Wildman–Crippen LogP) is 3.45. The highest BCUT2D eigenvalue weighted by atomic mass is 127. The van der Waals surface area contributed by atoms with Gasteiger partial charge in [0.15, 0.2) is 5.96 Å². The van der Waals surface area contributed by atoms with Crippen molar-refractivity contribution < 1.29 is 4.79 Å². The first-order chi connectivity index (χ1) is 13.2. The lowest BCUT2D eigenvalue weighted by atomic mass is 10.1. The van der Waals surface area contributed by atoms with Crippen LogP contribution >= 0.6 is 24.0 Å². The minimum atomic E-state index is 0. The molecule has 0 bridgehead atoms. The molecule has 2 rings (SSSR count). The van der Waals surface area contributed by atoms with Crippen LogP contribution in [0.4, 0.5) is 0 Å². The van der Waals surface area contributed by atoms with E-state index in [0.717, 1.165) is 24.9 Å². The summed E-state index contributed by atoms with van der Waals surface area (Å²) in [5.41, 5.74) is 2.47. The van der Waals surface area contributed by atoms with E-state index < -0.39 is 0 Å². The molecule has 28 heavy (non-hydrogen) atoms. The second kappa shape index (κ2) is 14.0. The van der Waals surface area contributed by atoms with Crippen LogP contribution in [0.15, 0.2) is 65.7 Å². The molecule has 152 valence electrons. The number of amides is 1. The molecule has 0 heterocycles. The molecule has 2 aromatic rings. The van der Waals surface area contributed by atoms with E-state index in [0.29, 0.717) is 19.0 Å². The van der Waals surface area contributed by atoms with Crippen molar-refractivity contribution in [3.63, 3.8) is 0 Å². The maximum atomic E-state index is 12.5. The monoisotopic (exact) mass is 494 g/mol. The van der Waals surface area contributed by atoms with Gasteiger partial charge in [0.25, 0.3) is 0 Å². The van der Waals surface area contributed by atoms with Crippen molar-refractivity contribution in [3.8, 4) is 0 Å². The van der Waals surface area contributed by atoms with E-state index >= 15 is 0 Å². The van der Waals surface area contributed by atoms with E-state index in [1.54, 1.807) is 7.05 Å². The Balaban J connectivity index is 0.00000392. The Morgan fingerprint density at radius 3 is 2.14 bits per heavy atom. The lowest BCUT2D eigenvalue weighted by Gasteiger charge is -2.22. The van der Waals surface area contributed by atoms with E-state index in [1.807, 2.05) is 48.2 Å². The molecular weight excluding hydrogens is 463 g/mol. The van der Waals surface area contributed by atoms with Crippen LogP contribution in [0.2, 0.25) is 0 Å².